The summed E-state index contributed by atoms with van der Waals surface area (Å²) in [6.07, 6.45) is 9.77. The number of hydrogen-bond donors (Lipinski definition) is 0. The van der Waals surface area contributed by atoms with Crippen molar-refractivity contribution < 1.29 is 13.2 Å². The molecule has 1 aromatic heterocycles. The first kappa shape index (κ1) is 21.5. The lowest BCUT2D eigenvalue weighted by molar-refractivity contribution is -0.134. The molecule has 2 saturated heterocycles. The fourth-order valence-electron chi connectivity index (χ4n) is 4.82. The normalized spacial score (nSPS) is 24.5. The largest absolute Gasteiger partial charge is 0.330 e. The van der Waals surface area contributed by atoms with Gasteiger partial charge in [-0.05, 0) is 37.3 Å². The first-order valence-electron chi connectivity index (χ1n) is 10.7. The van der Waals surface area contributed by atoms with Crippen LogP contribution in [0.1, 0.15) is 32.6 Å². The number of pyridine rings is 1. The van der Waals surface area contributed by atoms with E-state index in [-0.39, 0.29) is 29.3 Å². The van der Waals surface area contributed by atoms with E-state index in [1.807, 2.05) is 37.3 Å². The standard InChI is InChI=1S/C24H27N3O3S/c1-3-15-26-17-18(4-2)22-11-8-12-23(24(26)28)27(22)31(29,30)20-13-14-21(25-16-20)19-9-6-5-7-10-19/h1,5-7,9-10,13-14,16,18,22-23H,4,8,11-12,15,17H2,2H3/t18-,22?,23?/m0/s1. The van der Waals surface area contributed by atoms with E-state index in [0.29, 0.717) is 18.7 Å². The zero-order valence-electron chi connectivity index (χ0n) is 17.6. The van der Waals surface area contributed by atoms with Crippen molar-refractivity contribution in [2.24, 2.45) is 5.92 Å². The summed E-state index contributed by atoms with van der Waals surface area (Å²) in [6.45, 7) is 2.75. The third kappa shape index (κ3) is 3.98. The zero-order valence-corrected chi connectivity index (χ0v) is 18.5. The summed E-state index contributed by atoms with van der Waals surface area (Å²) in [6, 6.07) is 12.0. The summed E-state index contributed by atoms with van der Waals surface area (Å²) in [7, 11) is -3.89. The number of carbonyl (C=O) groups excluding carboxylic acids is 1. The molecule has 2 fully saturated rings. The number of rotatable bonds is 5. The minimum Gasteiger partial charge on any atom is -0.330 e. The monoisotopic (exact) mass is 437 g/mol. The highest BCUT2D eigenvalue weighted by Gasteiger charge is 2.49. The summed E-state index contributed by atoms with van der Waals surface area (Å²) < 4.78 is 29.0. The first-order valence-corrected chi connectivity index (χ1v) is 12.2. The van der Waals surface area contributed by atoms with Gasteiger partial charge < -0.3 is 4.90 Å². The summed E-state index contributed by atoms with van der Waals surface area (Å²) in [5, 5.41) is 0. The second kappa shape index (κ2) is 8.81. The van der Waals surface area contributed by atoms with Gasteiger partial charge in [-0.1, -0.05) is 49.6 Å². The number of fused-ring (bicyclic) bond motifs is 2. The molecule has 0 aliphatic carbocycles. The number of hydrogen-bond acceptors (Lipinski definition) is 4. The maximum Gasteiger partial charge on any atom is 0.245 e. The van der Waals surface area contributed by atoms with Gasteiger partial charge >= 0.3 is 0 Å². The Bertz CT molecular complexity index is 1080. The molecule has 3 atom stereocenters. The lowest BCUT2D eigenvalue weighted by Gasteiger charge is -2.40. The van der Waals surface area contributed by atoms with E-state index in [4.69, 9.17) is 6.42 Å². The van der Waals surface area contributed by atoms with Gasteiger partial charge in [0, 0.05) is 24.3 Å². The Labute approximate surface area is 184 Å². The Balaban J connectivity index is 1.72. The SMILES string of the molecule is C#CCN1C[C@H](CC)C2CCCC(C1=O)N2S(=O)(=O)c1ccc(-c2ccccc2)nc1. The highest BCUT2D eigenvalue weighted by molar-refractivity contribution is 7.89. The zero-order chi connectivity index (χ0) is 22.0. The minimum absolute atomic E-state index is 0.0499. The van der Waals surface area contributed by atoms with Gasteiger partial charge in [0.25, 0.3) is 0 Å². The summed E-state index contributed by atoms with van der Waals surface area (Å²) in [5.41, 5.74) is 1.63. The Morgan fingerprint density at radius 2 is 1.94 bits per heavy atom. The molecule has 1 amide bonds. The molecule has 0 radical (unpaired) electrons. The van der Waals surface area contributed by atoms with Gasteiger partial charge in [0.2, 0.25) is 15.9 Å². The number of nitrogens with zero attached hydrogens (tertiary/aromatic N) is 3. The van der Waals surface area contributed by atoms with Gasteiger partial charge in [-0.3, -0.25) is 9.78 Å². The highest BCUT2D eigenvalue weighted by Crippen LogP contribution is 2.38. The predicted octanol–water partition coefficient (Wildman–Crippen LogP) is 3.16. The van der Waals surface area contributed by atoms with Crippen molar-refractivity contribution in [1.29, 1.82) is 0 Å². The first-order chi connectivity index (χ1) is 15.0. The fourth-order valence-corrected chi connectivity index (χ4v) is 6.66. The second-order valence-electron chi connectivity index (χ2n) is 8.19. The van der Waals surface area contributed by atoms with Crippen molar-refractivity contribution in [3.63, 3.8) is 0 Å². The van der Waals surface area contributed by atoms with E-state index < -0.39 is 16.1 Å². The van der Waals surface area contributed by atoms with Crippen molar-refractivity contribution in [3.8, 4) is 23.6 Å². The molecule has 7 heteroatoms. The molecule has 6 nitrogen and oxygen atoms in total. The molecule has 2 bridgehead atoms. The van der Waals surface area contributed by atoms with Crippen LogP contribution >= 0.6 is 0 Å². The molecule has 2 aliphatic heterocycles. The summed E-state index contributed by atoms with van der Waals surface area (Å²) in [5.74, 6) is 2.42. The molecule has 3 heterocycles. The molecular formula is C24H27N3O3S. The third-order valence-corrected chi connectivity index (χ3v) is 8.31. The van der Waals surface area contributed by atoms with Gasteiger partial charge in [0.05, 0.1) is 12.2 Å². The van der Waals surface area contributed by atoms with Crippen LogP contribution in [-0.2, 0) is 14.8 Å². The lowest BCUT2D eigenvalue weighted by atomic mass is 9.89. The quantitative estimate of drug-likeness (QED) is 0.674. The third-order valence-electron chi connectivity index (χ3n) is 6.40. The predicted molar refractivity (Wildman–Crippen MR) is 119 cm³/mol. The van der Waals surface area contributed by atoms with Crippen LogP contribution in [0, 0.1) is 18.3 Å². The molecular weight excluding hydrogens is 410 g/mol. The van der Waals surface area contributed by atoms with Crippen LogP contribution in [0.25, 0.3) is 11.3 Å². The number of piperidine rings is 1. The van der Waals surface area contributed by atoms with Gasteiger partial charge in [0.1, 0.15) is 10.9 Å². The summed E-state index contributed by atoms with van der Waals surface area (Å²) in [4.78, 5) is 19.4. The molecule has 2 aromatic rings. The van der Waals surface area contributed by atoms with Gasteiger partial charge in [-0.15, -0.1) is 6.42 Å². The summed E-state index contributed by atoms with van der Waals surface area (Å²) >= 11 is 0. The van der Waals surface area contributed by atoms with Crippen molar-refractivity contribution in [1.82, 2.24) is 14.2 Å². The molecule has 0 N–H and O–H groups in total. The van der Waals surface area contributed by atoms with E-state index in [2.05, 4.69) is 10.9 Å². The molecule has 162 valence electrons. The smallest absolute Gasteiger partial charge is 0.245 e. The number of carbonyl (C=O) groups is 1. The maximum atomic E-state index is 13.7. The molecule has 0 saturated carbocycles. The Morgan fingerprint density at radius 3 is 2.58 bits per heavy atom. The van der Waals surface area contributed by atoms with E-state index in [0.717, 1.165) is 24.8 Å². The van der Waals surface area contributed by atoms with Crippen LogP contribution in [0.4, 0.5) is 0 Å². The molecule has 2 aliphatic rings. The van der Waals surface area contributed by atoms with Gasteiger partial charge in [-0.2, -0.15) is 4.31 Å². The number of aromatic nitrogens is 1. The molecule has 4 rings (SSSR count). The maximum absolute atomic E-state index is 13.7. The van der Waals surface area contributed by atoms with E-state index >= 15 is 0 Å². The van der Waals surface area contributed by atoms with E-state index in [1.165, 1.54) is 10.5 Å². The van der Waals surface area contributed by atoms with Crippen molar-refractivity contribution in [2.45, 2.75) is 49.6 Å². The molecule has 0 spiro atoms. The van der Waals surface area contributed by atoms with Gasteiger partial charge in [0.15, 0.2) is 0 Å². The van der Waals surface area contributed by atoms with Crippen LogP contribution in [-0.4, -0.2) is 53.7 Å². The van der Waals surface area contributed by atoms with E-state index in [1.54, 1.807) is 17.0 Å². The second-order valence-corrected chi connectivity index (χ2v) is 10.0. The van der Waals surface area contributed by atoms with Crippen LogP contribution in [0.15, 0.2) is 53.6 Å². The van der Waals surface area contributed by atoms with Crippen molar-refractivity contribution in [2.75, 3.05) is 13.1 Å². The van der Waals surface area contributed by atoms with Crippen LogP contribution < -0.4 is 0 Å². The number of amides is 1. The van der Waals surface area contributed by atoms with Crippen molar-refractivity contribution >= 4 is 15.9 Å². The number of benzene rings is 1. The lowest BCUT2D eigenvalue weighted by Crippen LogP contribution is -2.54. The average molecular weight is 438 g/mol. The van der Waals surface area contributed by atoms with Crippen LogP contribution in [0.5, 0.6) is 0 Å². The average Bonchev–Trinajstić information content (AvgIpc) is 2.87. The topological polar surface area (TPSA) is 70.6 Å². The number of terminal acetylenes is 1. The van der Waals surface area contributed by atoms with Gasteiger partial charge in [-0.25, -0.2) is 8.42 Å². The van der Waals surface area contributed by atoms with Crippen LogP contribution in [0.2, 0.25) is 0 Å². The minimum atomic E-state index is -3.89. The van der Waals surface area contributed by atoms with E-state index in [9.17, 15) is 13.2 Å². The Hall–Kier alpha value is -2.69. The van der Waals surface area contributed by atoms with Crippen LogP contribution in [0.3, 0.4) is 0 Å². The fraction of sp³-hybridized carbons (Fsp3) is 0.417. The van der Waals surface area contributed by atoms with Crippen molar-refractivity contribution in [3.05, 3.63) is 48.7 Å². The Kier molecular flexibility index (Phi) is 6.12. The molecule has 1 aromatic carbocycles. The number of sulfonamides is 1. The Morgan fingerprint density at radius 1 is 1.16 bits per heavy atom. The molecule has 31 heavy (non-hydrogen) atoms. The highest BCUT2D eigenvalue weighted by atomic mass is 32.2. The molecule has 2 unspecified atom stereocenters.